The van der Waals surface area contributed by atoms with Crippen molar-refractivity contribution in [2.24, 2.45) is 5.92 Å². The van der Waals surface area contributed by atoms with Gasteiger partial charge < -0.3 is 10.1 Å². The highest BCUT2D eigenvalue weighted by Gasteiger charge is 2.44. The molecule has 1 aliphatic heterocycles. The Morgan fingerprint density at radius 1 is 0.862 bits per heavy atom. The average Bonchev–Trinajstić information content (AvgIpc) is 2.93. The number of halogens is 6. The van der Waals surface area contributed by atoms with Crippen LogP contribution in [0.3, 0.4) is 0 Å². The molecule has 0 aliphatic carbocycles. The van der Waals surface area contributed by atoms with Gasteiger partial charge in [0.15, 0.2) is 0 Å². The summed E-state index contributed by atoms with van der Waals surface area (Å²) < 4.78 is 84.3. The Balaban J connectivity index is 1.85. The number of benzene rings is 2. The first-order valence-corrected chi connectivity index (χ1v) is 9.26. The summed E-state index contributed by atoms with van der Waals surface area (Å²) in [6.45, 7) is 3.67. The maximum absolute atomic E-state index is 13.1. The van der Waals surface area contributed by atoms with Crippen molar-refractivity contribution in [3.63, 3.8) is 0 Å². The van der Waals surface area contributed by atoms with E-state index in [9.17, 15) is 26.3 Å². The molecule has 1 aliphatic rings. The standard InChI is InChI=1S/C21H21F6NO/c1-12-13(2)28-18(15-6-4-3-5-7-15)19(12)29-11-14-8-16(20(22,23)24)10-17(9-14)21(25,26)27/h3-10,12-13,18-19,28H,11H2,1-2H3/p+1/t12-,13-,18-,19-/m0/s1. The molecule has 3 rings (SSSR count). The number of hydrogen-bond donors (Lipinski definition) is 1. The molecule has 29 heavy (non-hydrogen) atoms. The summed E-state index contributed by atoms with van der Waals surface area (Å²) in [5, 5.41) is 2.12. The van der Waals surface area contributed by atoms with Gasteiger partial charge in [0.25, 0.3) is 0 Å². The molecule has 158 valence electrons. The van der Waals surface area contributed by atoms with E-state index in [4.69, 9.17) is 4.74 Å². The van der Waals surface area contributed by atoms with E-state index in [1.54, 1.807) is 0 Å². The number of alkyl halides is 6. The van der Waals surface area contributed by atoms with Crippen molar-refractivity contribution in [1.29, 1.82) is 0 Å². The molecule has 8 heteroatoms. The van der Waals surface area contributed by atoms with Crippen LogP contribution in [0.1, 0.15) is 42.1 Å². The summed E-state index contributed by atoms with van der Waals surface area (Å²) in [5.41, 5.74) is -1.80. The normalized spacial score (nSPS) is 25.4. The molecule has 2 aromatic rings. The van der Waals surface area contributed by atoms with E-state index in [1.807, 2.05) is 44.2 Å². The number of rotatable bonds is 4. The largest absolute Gasteiger partial charge is 0.416 e. The molecule has 1 saturated heterocycles. The summed E-state index contributed by atoms with van der Waals surface area (Å²) >= 11 is 0. The molecule has 0 bridgehead atoms. The van der Waals surface area contributed by atoms with Crippen LogP contribution in [0.4, 0.5) is 26.3 Å². The van der Waals surface area contributed by atoms with Crippen LogP contribution < -0.4 is 5.32 Å². The maximum Gasteiger partial charge on any atom is 0.416 e. The topological polar surface area (TPSA) is 25.8 Å². The molecule has 2 N–H and O–H groups in total. The Hall–Kier alpha value is -2.06. The number of nitrogens with two attached hydrogens (primary N) is 1. The zero-order valence-electron chi connectivity index (χ0n) is 15.9. The van der Waals surface area contributed by atoms with Crippen LogP contribution in [-0.2, 0) is 23.7 Å². The molecule has 1 heterocycles. The molecule has 0 amide bonds. The molecule has 0 spiro atoms. The highest BCUT2D eigenvalue weighted by atomic mass is 19.4. The van der Waals surface area contributed by atoms with Crippen molar-refractivity contribution in [3.05, 3.63) is 70.8 Å². The second-order valence-electron chi connectivity index (χ2n) is 7.54. The van der Waals surface area contributed by atoms with Crippen LogP contribution in [0.2, 0.25) is 0 Å². The summed E-state index contributed by atoms with van der Waals surface area (Å²) in [5.74, 6) is 0.0769. The van der Waals surface area contributed by atoms with Crippen LogP contribution >= 0.6 is 0 Å². The van der Waals surface area contributed by atoms with Crippen molar-refractivity contribution in [2.45, 2.75) is 51.0 Å². The first-order chi connectivity index (χ1) is 13.5. The molecular formula is C21H22F6NO+. The summed E-state index contributed by atoms with van der Waals surface area (Å²) in [6.07, 6.45) is -10.1. The predicted molar refractivity (Wildman–Crippen MR) is 94.8 cm³/mol. The van der Waals surface area contributed by atoms with Crippen molar-refractivity contribution in [2.75, 3.05) is 0 Å². The van der Waals surface area contributed by atoms with Crippen molar-refractivity contribution < 1.29 is 36.4 Å². The van der Waals surface area contributed by atoms with E-state index in [2.05, 4.69) is 5.32 Å². The molecule has 0 unspecified atom stereocenters. The molecule has 4 atom stereocenters. The van der Waals surface area contributed by atoms with Gasteiger partial charge in [-0.25, -0.2) is 0 Å². The van der Waals surface area contributed by atoms with E-state index in [-0.39, 0.29) is 42.3 Å². The van der Waals surface area contributed by atoms with E-state index < -0.39 is 23.5 Å². The molecule has 0 aromatic heterocycles. The lowest BCUT2D eigenvalue weighted by atomic mass is 9.95. The lowest BCUT2D eigenvalue weighted by Crippen LogP contribution is -2.87. The fourth-order valence-electron chi connectivity index (χ4n) is 3.76. The van der Waals surface area contributed by atoms with E-state index in [1.165, 1.54) is 0 Å². The zero-order chi connectivity index (χ0) is 21.4. The smallest absolute Gasteiger partial charge is 0.366 e. The molecule has 2 aromatic carbocycles. The number of quaternary nitrogens is 1. The third-order valence-electron chi connectivity index (χ3n) is 5.49. The van der Waals surface area contributed by atoms with Crippen LogP contribution in [0, 0.1) is 5.92 Å². The lowest BCUT2D eigenvalue weighted by Gasteiger charge is -2.21. The quantitative estimate of drug-likeness (QED) is 0.699. The minimum atomic E-state index is -4.87. The van der Waals surface area contributed by atoms with Gasteiger partial charge in [0.2, 0.25) is 0 Å². The highest BCUT2D eigenvalue weighted by molar-refractivity contribution is 5.33. The zero-order valence-corrected chi connectivity index (χ0v) is 15.9. The molecule has 0 radical (unpaired) electrons. The fourth-order valence-corrected chi connectivity index (χ4v) is 3.76. The van der Waals surface area contributed by atoms with Gasteiger partial charge in [0, 0.05) is 11.5 Å². The fraction of sp³-hybridized carbons (Fsp3) is 0.429. The van der Waals surface area contributed by atoms with Crippen molar-refractivity contribution in [3.8, 4) is 0 Å². The van der Waals surface area contributed by atoms with Crippen LogP contribution in [0.25, 0.3) is 0 Å². The second-order valence-corrected chi connectivity index (χ2v) is 7.54. The van der Waals surface area contributed by atoms with E-state index in [0.29, 0.717) is 0 Å². The monoisotopic (exact) mass is 418 g/mol. The van der Waals surface area contributed by atoms with Crippen molar-refractivity contribution in [1.82, 2.24) is 0 Å². The van der Waals surface area contributed by atoms with Crippen LogP contribution in [0.5, 0.6) is 0 Å². The Bertz CT molecular complexity index is 801. The van der Waals surface area contributed by atoms with E-state index in [0.717, 1.165) is 17.7 Å². The highest BCUT2D eigenvalue weighted by Crippen LogP contribution is 2.37. The summed E-state index contributed by atoms with van der Waals surface area (Å²) in [4.78, 5) is 0. The molecule has 0 saturated carbocycles. The Kier molecular flexibility index (Phi) is 5.96. The third kappa shape index (κ3) is 4.93. The maximum atomic E-state index is 13.1. The second kappa shape index (κ2) is 7.99. The SMILES string of the molecule is C[C@@H]1[C@H](OCc2cc(C(F)(F)F)cc(C(F)(F)F)c2)[C@H](c2ccccc2)[NH2+][C@H]1C. The van der Waals surface area contributed by atoms with Gasteiger partial charge >= 0.3 is 12.4 Å². The minimum absolute atomic E-state index is 0.0749. The summed E-state index contributed by atoms with van der Waals surface area (Å²) in [6, 6.07) is 11.2. The van der Waals surface area contributed by atoms with E-state index >= 15 is 0 Å². The number of ether oxygens (including phenoxy) is 1. The Morgan fingerprint density at radius 2 is 1.41 bits per heavy atom. The van der Waals surface area contributed by atoms with Crippen LogP contribution in [-0.4, -0.2) is 12.1 Å². The first-order valence-electron chi connectivity index (χ1n) is 9.26. The summed E-state index contributed by atoms with van der Waals surface area (Å²) in [7, 11) is 0. The van der Waals surface area contributed by atoms with Gasteiger partial charge in [-0.05, 0) is 30.7 Å². The van der Waals surface area contributed by atoms with Gasteiger partial charge in [0.1, 0.15) is 12.1 Å². The van der Waals surface area contributed by atoms with Gasteiger partial charge in [-0.3, -0.25) is 0 Å². The first kappa shape index (κ1) is 21.6. The predicted octanol–water partition coefficient (Wildman–Crippen LogP) is 4.95. The molecule has 2 nitrogen and oxygen atoms in total. The van der Waals surface area contributed by atoms with Gasteiger partial charge in [-0.15, -0.1) is 0 Å². The number of hydrogen-bond acceptors (Lipinski definition) is 1. The van der Waals surface area contributed by atoms with Gasteiger partial charge in [-0.1, -0.05) is 37.3 Å². The molecule has 1 fully saturated rings. The molecular weight excluding hydrogens is 396 g/mol. The Labute approximate surface area is 164 Å². The minimum Gasteiger partial charge on any atom is -0.366 e. The van der Waals surface area contributed by atoms with Crippen LogP contribution in [0.15, 0.2) is 48.5 Å². The Morgan fingerprint density at radius 3 is 1.93 bits per heavy atom. The average molecular weight is 418 g/mol. The lowest BCUT2D eigenvalue weighted by molar-refractivity contribution is -0.709. The van der Waals surface area contributed by atoms with Crippen molar-refractivity contribution >= 4 is 0 Å². The van der Waals surface area contributed by atoms with Gasteiger partial charge in [0.05, 0.1) is 23.8 Å². The third-order valence-corrected chi connectivity index (χ3v) is 5.49. The van der Waals surface area contributed by atoms with Gasteiger partial charge in [-0.2, -0.15) is 26.3 Å².